The molecule has 24 aromatic rings. The molecule has 0 saturated carbocycles. The SMILES string of the molecule is [C-]#[N+]/C(C#N)=c1\nc2c(F)c3c(F)c(F)c4c5[se]c(=C(C#N)C#N)nc5c(F)c5c(F)c(F)c(c2[se]1)c3c54.[C-]#[N+]/C(C#N)=c1\nc2c(F)c3c(F)c(F)c4c5sc(=C(C#N)C#N)nc5c(F)c5c(F)c(F)c(c2s1)c3c54.[C-]#[N+]/C(C#N)=c1\nc2cc3ccc4c5[se]c(=C(C#N)C#N)nc5cc5ccc(c2[se]1)c3c54.[C-]#[N+]/C(C#N)=c1\nc2cc3ccc4c5sc(=C(C#N)C#N)nc5cc5ccc(c2s1)c3c54. The van der Waals surface area contributed by atoms with Gasteiger partial charge in [0, 0.05) is 32.3 Å². The molecule has 16 aromatic carbocycles. The monoisotopic (exact) mass is 2180 g/mol. The zero-order valence-corrected chi connectivity index (χ0v) is 77.6. The summed E-state index contributed by atoms with van der Waals surface area (Å²) < 4.78 is 191. The van der Waals surface area contributed by atoms with E-state index in [0.29, 0.717) is 40.4 Å². The van der Waals surface area contributed by atoms with Gasteiger partial charge in [0.2, 0.25) is 0 Å². The van der Waals surface area contributed by atoms with Crippen LogP contribution in [0.15, 0.2) is 72.8 Å². The van der Waals surface area contributed by atoms with Crippen molar-refractivity contribution in [1.29, 1.82) is 63.1 Å². The van der Waals surface area contributed by atoms with E-state index < -0.39 is 217 Å². The quantitative estimate of drug-likeness (QED) is 0.0589. The largest absolute Gasteiger partial charge is 0.296 e. The second-order valence-electron chi connectivity index (χ2n) is 29.6. The molecule has 0 saturated heterocycles. The topological polar surface area (TPSA) is 406 Å². The van der Waals surface area contributed by atoms with Crippen LogP contribution in [-0.4, -0.2) is 97.9 Å². The maximum atomic E-state index is 15.7. The van der Waals surface area contributed by atoms with Gasteiger partial charge in [-0.2, -0.15) is 21.0 Å². The number of nitriles is 12. The Morgan fingerprint density at radius 3 is 0.907 bits per heavy atom. The Morgan fingerprint density at radius 1 is 0.236 bits per heavy atom. The zero-order valence-electron chi connectivity index (χ0n) is 67.5. The van der Waals surface area contributed by atoms with Crippen LogP contribution >= 0.6 is 45.3 Å². The molecule has 8 heterocycles. The average Bonchev–Trinajstić information content (AvgIpc) is 1.31. The van der Waals surface area contributed by atoms with E-state index in [0.717, 1.165) is 105 Å². The van der Waals surface area contributed by atoms with Crippen LogP contribution in [0.5, 0.6) is 0 Å². The number of benzene rings is 16. The van der Waals surface area contributed by atoms with Crippen molar-refractivity contribution in [2.24, 2.45) is 0 Å². The summed E-state index contributed by atoms with van der Waals surface area (Å²) in [5.41, 5.74) is -1.72. The zero-order chi connectivity index (χ0) is 98.4. The molecule has 0 N–H and O–H groups in total. The van der Waals surface area contributed by atoms with E-state index in [1.54, 1.807) is 18.2 Å². The number of aromatic nitrogens is 8. The minimum absolute atomic E-state index is 0.00581. The molecule has 0 aliphatic carbocycles. The average molecular weight is 2170 g/mol. The van der Waals surface area contributed by atoms with Crippen molar-refractivity contribution in [3.63, 3.8) is 0 Å². The Hall–Kier alpha value is -18.0. The van der Waals surface area contributed by atoms with Crippen molar-refractivity contribution in [3.05, 3.63) is 224 Å². The smallest absolute Gasteiger partial charge is 0.248 e. The number of hydrogen-bond acceptors (Lipinski definition) is 24. The minimum Gasteiger partial charge on any atom is -0.248 e. The Kier molecular flexibility index (Phi) is 20.8. The number of hydrogen-bond donors (Lipinski definition) is 0. The van der Waals surface area contributed by atoms with Gasteiger partial charge >= 0.3 is 410 Å². The third-order valence-corrected chi connectivity index (χ3v) is 36.4. The summed E-state index contributed by atoms with van der Waals surface area (Å²) in [7, 11) is 0. The van der Waals surface area contributed by atoms with Crippen molar-refractivity contribution >= 4 is 358 Å². The van der Waals surface area contributed by atoms with Gasteiger partial charge in [-0.25, -0.2) is 66.5 Å². The molecule has 0 aliphatic rings. The third-order valence-electron chi connectivity index (χ3n) is 22.8. The first kappa shape index (κ1) is 88.5. The van der Waals surface area contributed by atoms with E-state index in [9.17, 15) is 47.4 Å². The van der Waals surface area contributed by atoms with E-state index in [2.05, 4.69) is 83.5 Å². The fraction of sp³-hybridized carbons (Fsp3) is 0. The van der Waals surface area contributed by atoms with Crippen molar-refractivity contribution in [2.75, 3.05) is 0 Å². The van der Waals surface area contributed by atoms with Crippen LogP contribution in [0, 0.1) is 232 Å². The van der Waals surface area contributed by atoms with E-state index in [-0.39, 0.29) is 77.8 Å². The molecule has 24 nitrogen and oxygen atoms in total. The molecule has 140 heavy (non-hydrogen) atoms. The van der Waals surface area contributed by atoms with Crippen LogP contribution in [0.25, 0.3) is 274 Å². The fourth-order valence-electron chi connectivity index (χ4n) is 17.2. The van der Waals surface area contributed by atoms with Gasteiger partial charge in [0.15, 0.2) is 46.0 Å². The fourth-order valence-corrected chi connectivity index (χ4v) is 30.0. The first-order chi connectivity index (χ1) is 67.7. The molecular formula is C96H12F12N24S4Se4. The second-order valence-corrected chi connectivity index (χ2v) is 41.9. The van der Waals surface area contributed by atoms with E-state index in [1.807, 2.05) is 84.9 Å². The van der Waals surface area contributed by atoms with Gasteiger partial charge in [0.05, 0.1) is 65.9 Å². The minimum atomic E-state index is -1.81. The maximum Gasteiger partial charge on any atom is 0.296 e. The second kappa shape index (κ2) is 32.9. The number of halogens is 12. The van der Waals surface area contributed by atoms with Crippen LogP contribution in [0.3, 0.4) is 0 Å². The Morgan fingerprint density at radius 2 is 0.507 bits per heavy atom. The summed E-state index contributed by atoms with van der Waals surface area (Å²) in [6, 6.07) is 45.5. The van der Waals surface area contributed by atoms with Crippen molar-refractivity contribution in [1.82, 2.24) is 39.9 Å². The van der Waals surface area contributed by atoms with Crippen LogP contribution in [0.2, 0.25) is 0 Å². The van der Waals surface area contributed by atoms with Crippen LogP contribution < -0.4 is 35.5 Å². The normalized spacial score (nSPS) is 12.2. The van der Waals surface area contributed by atoms with E-state index in [4.69, 9.17) is 42.1 Å². The number of thiazole rings is 4. The van der Waals surface area contributed by atoms with E-state index in [1.165, 1.54) is 40.9 Å². The maximum absolute atomic E-state index is 15.7. The van der Waals surface area contributed by atoms with Gasteiger partial charge in [0.25, 0.3) is 11.4 Å². The van der Waals surface area contributed by atoms with Crippen LogP contribution in [0.4, 0.5) is 52.7 Å². The van der Waals surface area contributed by atoms with Crippen LogP contribution in [-0.2, 0) is 0 Å². The molecule has 0 bridgehead atoms. The summed E-state index contributed by atoms with van der Waals surface area (Å²) in [4.78, 5) is 46.1. The molecule has 0 amide bonds. The van der Waals surface area contributed by atoms with Crippen molar-refractivity contribution < 1.29 is 52.7 Å². The molecule has 0 unspecified atom stereocenters. The Balaban J connectivity index is 0.000000111. The molecule has 648 valence electrons. The predicted molar refractivity (Wildman–Crippen MR) is 500 cm³/mol. The van der Waals surface area contributed by atoms with Gasteiger partial charge in [-0.1, -0.05) is 24.3 Å². The summed E-state index contributed by atoms with van der Waals surface area (Å²) in [5.74, 6) is -19.9. The Bertz CT molecular complexity index is 10200. The number of nitrogens with zero attached hydrogens (tertiary/aromatic N) is 24. The molecule has 8 aromatic heterocycles. The first-order valence-corrected chi connectivity index (χ1v) is 48.7. The first-order valence-electron chi connectivity index (χ1n) is 38.5. The van der Waals surface area contributed by atoms with Crippen LogP contribution in [0.1, 0.15) is 0 Å². The molecule has 0 fully saturated rings. The van der Waals surface area contributed by atoms with Gasteiger partial charge in [-0.3, -0.25) is 0 Å². The summed E-state index contributed by atoms with van der Waals surface area (Å²) in [6.07, 6.45) is 0. The van der Waals surface area contributed by atoms with Gasteiger partial charge in [0.1, 0.15) is 54.0 Å². The third kappa shape index (κ3) is 12.4. The summed E-state index contributed by atoms with van der Waals surface area (Å²) in [5, 5.41) is 114. The Labute approximate surface area is 803 Å². The van der Waals surface area contributed by atoms with Gasteiger partial charge in [-0.15, -0.1) is 45.3 Å². The van der Waals surface area contributed by atoms with E-state index >= 15 is 52.7 Å². The van der Waals surface area contributed by atoms with Crippen molar-refractivity contribution in [3.8, 4) is 72.8 Å². The molecular weight excluding hydrogens is 2160 g/mol. The molecule has 0 spiro atoms. The number of fused-ring (bicyclic) bond motifs is 16. The van der Waals surface area contributed by atoms with Gasteiger partial charge < -0.3 is 0 Å². The summed E-state index contributed by atoms with van der Waals surface area (Å²) in [6.45, 7) is 28.7. The molecule has 0 atom stereocenters. The number of rotatable bonds is 0. The molecule has 0 radical (unpaired) electrons. The summed E-state index contributed by atoms with van der Waals surface area (Å²) >= 11 is 0.752. The standard InChI is InChI=1S/C24F6N6S2.C24F6N6Se2.C24H6N6S2.C24H6N6Se2/c2*1-34-6(4-33)24-36-20-18(30)10-8-7-9(13(25)16(28)12(8)22(20)38-24)17(29)19-21(11(7)15(27)14(10)26)37-23(35-19)5(2-31)3-32;2*1-28-18(10-27)24-30-17-7-12-2-4-14-19-11(3-5-15(20(12)19)22(17)32-24)6-16-21(14)31-23(29-16)13(8-25)9-26/h;;2*2-7H/b2*24-6+;2*24-18+. The van der Waals surface area contributed by atoms with Gasteiger partial charge in [-0.05, 0) is 33.7 Å². The molecule has 44 heteroatoms. The molecule has 0 aliphatic heterocycles. The molecule has 24 rings (SSSR count). The predicted octanol–water partition coefficient (Wildman–Crippen LogP) is 15.9. The van der Waals surface area contributed by atoms with Crippen molar-refractivity contribution in [2.45, 2.75) is 0 Å².